The maximum atomic E-state index is 11.7. The van der Waals surface area contributed by atoms with Crippen LogP contribution < -0.4 is 5.32 Å². The topological polar surface area (TPSA) is 42.0 Å². The second-order valence-corrected chi connectivity index (χ2v) is 4.58. The zero-order valence-electron chi connectivity index (χ0n) is 9.73. The molecule has 0 aliphatic heterocycles. The van der Waals surface area contributed by atoms with Crippen LogP contribution in [-0.4, -0.2) is 10.9 Å². The number of rotatable bonds is 2. The molecule has 3 rings (SSSR count). The molecule has 3 heteroatoms. The Labute approximate surface area is 99.9 Å². The summed E-state index contributed by atoms with van der Waals surface area (Å²) in [6, 6.07) is 7.97. The number of pyridine rings is 1. The van der Waals surface area contributed by atoms with Crippen LogP contribution in [0.4, 0.5) is 5.69 Å². The molecule has 1 aromatic carbocycles. The predicted octanol–water partition coefficient (Wildman–Crippen LogP) is 2.89. The Morgan fingerprint density at radius 1 is 1.35 bits per heavy atom. The van der Waals surface area contributed by atoms with Gasteiger partial charge < -0.3 is 5.32 Å². The van der Waals surface area contributed by atoms with Crippen LogP contribution in [0, 0.1) is 12.8 Å². The highest BCUT2D eigenvalue weighted by atomic mass is 16.2. The fraction of sp³-hybridized carbons (Fsp3) is 0.286. The van der Waals surface area contributed by atoms with Gasteiger partial charge in [-0.15, -0.1) is 0 Å². The highest BCUT2D eigenvalue weighted by molar-refractivity contribution is 5.97. The fourth-order valence-electron chi connectivity index (χ4n) is 1.99. The minimum absolute atomic E-state index is 0.130. The van der Waals surface area contributed by atoms with Gasteiger partial charge >= 0.3 is 0 Å². The van der Waals surface area contributed by atoms with Crippen molar-refractivity contribution in [2.24, 2.45) is 5.92 Å². The number of para-hydroxylation sites is 1. The number of nitrogens with zero attached hydrogens (tertiary/aromatic N) is 1. The van der Waals surface area contributed by atoms with Crippen LogP contribution in [0.3, 0.4) is 0 Å². The van der Waals surface area contributed by atoms with Gasteiger partial charge in [-0.3, -0.25) is 9.78 Å². The predicted molar refractivity (Wildman–Crippen MR) is 67.8 cm³/mol. The number of anilines is 1. The summed E-state index contributed by atoms with van der Waals surface area (Å²) in [6.45, 7) is 2.02. The highest BCUT2D eigenvalue weighted by Gasteiger charge is 2.29. The molecule has 1 aliphatic carbocycles. The molecule has 1 fully saturated rings. The van der Waals surface area contributed by atoms with Gasteiger partial charge in [0.1, 0.15) is 0 Å². The van der Waals surface area contributed by atoms with E-state index in [1.807, 2.05) is 31.2 Å². The summed E-state index contributed by atoms with van der Waals surface area (Å²) >= 11 is 0. The van der Waals surface area contributed by atoms with Gasteiger partial charge in [0.2, 0.25) is 5.91 Å². The van der Waals surface area contributed by atoms with Gasteiger partial charge in [0, 0.05) is 11.3 Å². The van der Waals surface area contributed by atoms with Crippen molar-refractivity contribution in [2.45, 2.75) is 19.8 Å². The molecule has 1 amide bonds. The van der Waals surface area contributed by atoms with E-state index >= 15 is 0 Å². The molecule has 17 heavy (non-hydrogen) atoms. The summed E-state index contributed by atoms with van der Waals surface area (Å²) in [5, 5.41) is 4.06. The van der Waals surface area contributed by atoms with Crippen LogP contribution in [-0.2, 0) is 4.79 Å². The van der Waals surface area contributed by atoms with E-state index < -0.39 is 0 Å². The molecule has 1 aliphatic rings. The number of fused-ring (bicyclic) bond motifs is 1. The third-order valence-corrected chi connectivity index (χ3v) is 3.25. The average Bonchev–Trinajstić information content (AvgIpc) is 3.17. The number of nitrogens with one attached hydrogen (secondary N) is 1. The number of carbonyl (C=O) groups is 1. The number of aryl methyl sites for hydroxylation is 1. The normalized spacial score (nSPS) is 14.9. The largest absolute Gasteiger partial charge is 0.324 e. The maximum Gasteiger partial charge on any atom is 0.227 e. The van der Waals surface area contributed by atoms with Crippen LogP contribution >= 0.6 is 0 Å². The SMILES string of the molecule is Cc1c(NC(=O)C2CC2)cnc2ccccc12. The zero-order chi connectivity index (χ0) is 11.8. The van der Waals surface area contributed by atoms with Crippen molar-refractivity contribution >= 4 is 22.5 Å². The molecule has 0 atom stereocenters. The minimum atomic E-state index is 0.130. The fourth-order valence-corrected chi connectivity index (χ4v) is 1.99. The molecule has 1 heterocycles. The molecule has 0 radical (unpaired) electrons. The second kappa shape index (κ2) is 3.84. The number of amides is 1. The van der Waals surface area contributed by atoms with Crippen molar-refractivity contribution in [3.05, 3.63) is 36.0 Å². The molecule has 0 bridgehead atoms. The third kappa shape index (κ3) is 1.88. The number of carbonyl (C=O) groups excluding carboxylic acids is 1. The van der Waals surface area contributed by atoms with E-state index in [1.165, 1.54) is 0 Å². The molecule has 3 nitrogen and oxygen atoms in total. The van der Waals surface area contributed by atoms with E-state index in [9.17, 15) is 4.79 Å². The Morgan fingerprint density at radius 2 is 2.12 bits per heavy atom. The summed E-state index contributed by atoms with van der Waals surface area (Å²) in [6.07, 6.45) is 3.79. The molecular weight excluding hydrogens is 212 g/mol. The first kappa shape index (κ1) is 10.3. The number of hydrogen-bond acceptors (Lipinski definition) is 2. The van der Waals surface area contributed by atoms with Gasteiger partial charge in [-0.1, -0.05) is 18.2 Å². The summed E-state index contributed by atoms with van der Waals surface area (Å²) < 4.78 is 0. The lowest BCUT2D eigenvalue weighted by Crippen LogP contribution is -2.14. The molecule has 0 saturated heterocycles. The summed E-state index contributed by atoms with van der Waals surface area (Å²) in [7, 11) is 0. The first-order valence-electron chi connectivity index (χ1n) is 5.91. The zero-order valence-corrected chi connectivity index (χ0v) is 9.73. The van der Waals surface area contributed by atoms with E-state index in [2.05, 4.69) is 10.3 Å². The Balaban J connectivity index is 1.99. The Kier molecular flexibility index (Phi) is 2.32. The lowest BCUT2D eigenvalue weighted by atomic mass is 10.1. The molecule has 1 aromatic heterocycles. The first-order chi connectivity index (χ1) is 8.25. The summed E-state index contributed by atoms with van der Waals surface area (Å²) in [5.41, 5.74) is 2.89. The average molecular weight is 226 g/mol. The first-order valence-corrected chi connectivity index (χ1v) is 5.91. The lowest BCUT2D eigenvalue weighted by molar-refractivity contribution is -0.117. The molecule has 1 saturated carbocycles. The third-order valence-electron chi connectivity index (χ3n) is 3.25. The minimum Gasteiger partial charge on any atom is -0.324 e. The maximum absolute atomic E-state index is 11.7. The van der Waals surface area contributed by atoms with E-state index in [1.54, 1.807) is 6.20 Å². The van der Waals surface area contributed by atoms with Crippen LogP contribution in [0.2, 0.25) is 0 Å². The standard InChI is InChI=1S/C14H14N2O/c1-9-11-4-2-3-5-12(11)15-8-13(9)16-14(17)10-6-7-10/h2-5,8,10H,6-7H2,1H3,(H,16,17). The smallest absolute Gasteiger partial charge is 0.227 e. The Morgan fingerprint density at radius 3 is 2.88 bits per heavy atom. The van der Waals surface area contributed by atoms with Crippen molar-refractivity contribution < 1.29 is 4.79 Å². The van der Waals surface area contributed by atoms with Crippen LogP contribution in [0.15, 0.2) is 30.5 Å². The van der Waals surface area contributed by atoms with E-state index in [0.29, 0.717) is 0 Å². The Hall–Kier alpha value is -1.90. The molecule has 0 spiro atoms. The van der Waals surface area contributed by atoms with Gasteiger partial charge in [-0.2, -0.15) is 0 Å². The van der Waals surface area contributed by atoms with Gasteiger partial charge in [0.05, 0.1) is 17.4 Å². The van der Waals surface area contributed by atoms with E-state index in [-0.39, 0.29) is 11.8 Å². The number of aromatic nitrogens is 1. The second-order valence-electron chi connectivity index (χ2n) is 4.58. The summed E-state index contributed by atoms with van der Waals surface area (Å²) in [4.78, 5) is 16.1. The van der Waals surface area contributed by atoms with Gasteiger partial charge in [0.15, 0.2) is 0 Å². The molecule has 0 unspecified atom stereocenters. The van der Waals surface area contributed by atoms with Gasteiger partial charge in [-0.25, -0.2) is 0 Å². The van der Waals surface area contributed by atoms with Crippen LogP contribution in [0.5, 0.6) is 0 Å². The van der Waals surface area contributed by atoms with Crippen LogP contribution in [0.1, 0.15) is 18.4 Å². The highest BCUT2D eigenvalue weighted by Crippen LogP contribution is 2.31. The van der Waals surface area contributed by atoms with Gasteiger partial charge in [0.25, 0.3) is 0 Å². The van der Waals surface area contributed by atoms with Crippen LogP contribution in [0.25, 0.3) is 10.9 Å². The summed E-state index contributed by atoms with van der Waals surface area (Å²) in [5.74, 6) is 0.353. The van der Waals surface area contributed by atoms with E-state index in [4.69, 9.17) is 0 Å². The van der Waals surface area contributed by atoms with Crippen molar-refractivity contribution in [3.63, 3.8) is 0 Å². The molecule has 1 N–H and O–H groups in total. The van der Waals surface area contributed by atoms with Crippen molar-refractivity contribution in [3.8, 4) is 0 Å². The Bertz CT molecular complexity index is 588. The van der Waals surface area contributed by atoms with Crippen molar-refractivity contribution in [1.82, 2.24) is 4.98 Å². The number of benzene rings is 1. The monoisotopic (exact) mass is 226 g/mol. The molecule has 2 aromatic rings. The lowest BCUT2D eigenvalue weighted by Gasteiger charge is -2.09. The van der Waals surface area contributed by atoms with Crippen molar-refractivity contribution in [1.29, 1.82) is 0 Å². The molecular formula is C14H14N2O. The number of hydrogen-bond donors (Lipinski definition) is 1. The van der Waals surface area contributed by atoms with Gasteiger partial charge in [-0.05, 0) is 31.4 Å². The van der Waals surface area contributed by atoms with E-state index in [0.717, 1.165) is 35.0 Å². The van der Waals surface area contributed by atoms with Crippen molar-refractivity contribution in [2.75, 3.05) is 5.32 Å². The molecule has 86 valence electrons. The quantitative estimate of drug-likeness (QED) is 0.855.